The molecule has 26 heavy (non-hydrogen) atoms. The monoisotopic (exact) mass is 350 g/mol. The first kappa shape index (κ1) is 17.9. The molecule has 6 nitrogen and oxygen atoms in total. The molecule has 2 aromatic rings. The molecule has 0 amide bonds. The molecule has 0 saturated carbocycles. The highest BCUT2D eigenvalue weighted by molar-refractivity contribution is 5.87. The minimum absolute atomic E-state index is 0.622. The Morgan fingerprint density at radius 2 is 1.88 bits per heavy atom. The number of piperidine rings is 1. The Morgan fingerprint density at radius 3 is 2.58 bits per heavy atom. The minimum Gasteiger partial charge on any atom is -0.390 e. The van der Waals surface area contributed by atoms with Gasteiger partial charge in [0.25, 0.3) is 0 Å². The summed E-state index contributed by atoms with van der Waals surface area (Å²) in [5, 5.41) is 3.49. The van der Waals surface area contributed by atoms with Crippen LogP contribution in [0.4, 0.5) is 5.69 Å². The first-order valence-corrected chi connectivity index (χ1v) is 9.06. The molecule has 1 fully saturated rings. The predicted molar refractivity (Wildman–Crippen MR) is 107 cm³/mol. The molecule has 3 N–H and O–H groups in total. The predicted octanol–water partition coefficient (Wildman–Crippen LogP) is 2.75. The fraction of sp³-hybridized carbons (Fsp3) is 0.350. The maximum absolute atomic E-state index is 5.53. The number of aliphatic imine (C=N–C) groups is 2. The molecule has 0 bridgehead atoms. The first-order chi connectivity index (χ1) is 12.8. The van der Waals surface area contributed by atoms with Crippen LogP contribution in [0, 0.1) is 5.92 Å². The van der Waals surface area contributed by atoms with Crippen LogP contribution in [0.2, 0.25) is 0 Å². The summed E-state index contributed by atoms with van der Waals surface area (Å²) in [5.41, 5.74) is 7.83. The van der Waals surface area contributed by atoms with E-state index in [0.717, 1.165) is 44.1 Å². The molecule has 0 atom stereocenters. The van der Waals surface area contributed by atoms with Gasteiger partial charge >= 0.3 is 0 Å². The van der Waals surface area contributed by atoms with Gasteiger partial charge in [0, 0.05) is 37.7 Å². The van der Waals surface area contributed by atoms with Gasteiger partial charge in [-0.3, -0.25) is 4.98 Å². The van der Waals surface area contributed by atoms with E-state index < -0.39 is 0 Å². The summed E-state index contributed by atoms with van der Waals surface area (Å²) in [6.07, 6.45) is 7.18. The zero-order valence-electron chi connectivity index (χ0n) is 15.0. The lowest BCUT2D eigenvalue weighted by atomic mass is 9.97. The highest BCUT2D eigenvalue weighted by Gasteiger charge is 2.21. The van der Waals surface area contributed by atoms with Crippen molar-refractivity contribution in [2.75, 3.05) is 25.0 Å². The largest absolute Gasteiger partial charge is 0.390 e. The minimum atomic E-state index is 0.622. The molecule has 136 valence electrons. The van der Waals surface area contributed by atoms with Crippen molar-refractivity contribution >= 4 is 18.0 Å². The van der Waals surface area contributed by atoms with Crippen molar-refractivity contribution in [1.82, 2.24) is 9.88 Å². The summed E-state index contributed by atoms with van der Waals surface area (Å²) < 4.78 is 0. The van der Waals surface area contributed by atoms with Crippen LogP contribution in [0.1, 0.15) is 18.4 Å². The Bertz CT molecular complexity index is 706. The van der Waals surface area contributed by atoms with Crippen LogP contribution in [0.5, 0.6) is 0 Å². The van der Waals surface area contributed by atoms with Crippen molar-refractivity contribution in [3.05, 3.63) is 60.4 Å². The Balaban J connectivity index is 1.51. The lowest BCUT2D eigenvalue weighted by molar-refractivity contribution is 0.272. The number of hydrogen-bond acceptors (Lipinski definition) is 3. The molecule has 1 aromatic heterocycles. The number of anilines is 1. The first-order valence-electron chi connectivity index (χ1n) is 9.06. The van der Waals surface area contributed by atoms with E-state index in [9.17, 15) is 0 Å². The molecular formula is C20H26N6. The topological polar surface area (TPSA) is 78.9 Å². The van der Waals surface area contributed by atoms with Crippen LogP contribution in [0.15, 0.2) is 64.8 Å². The van der Waals surface area contributed by atoms with E-state index in [1.165, 1.54) is 11.9 Å². The molecule has 1 aromatic carbocycles. The molecule has 2 heterocycles. The summed E-state index contributed by atoms with van der Waals surface area (Å²) in [4.78, 5) is 15.2. The normalized spacial score (nSPS) is 16.2. The van der Waals surface area contributed by atoms with Crippen molar-refractivity contribution in [3.63, 3.8) is 0 Å². The molecule has 6 heteroatoms. The number of rotatable bonds is 5. The smallest absolute Gasteiger partial charge is 0.222 e. The van der Waals surface area contributed by atoms with E-state index >= 15 is 0 Å². The van der Waals surface area contributed by atoms with Crippen LogP contribution in [-0.4, -0.2) is 41.8 Å². The molecule has 0 aliphatic carbocycles. The fourth-order valence-electron chi connectivity index (χ4n) is 3.10. The van der Waals surface area contributed by atoms with Crippen LogP contribution in [0.25, 0.3) is 0 Å². The van der Waals surface area contributed by atoms with Crippen LogP contribution >= 0.6 is 0 Å². The third-order valence-electron chi connectivity index (χ3n) is 4.61. The van der Waals surface area contributed by atoms with Crippen molar-refractivity contribution in [1.29, 1.82) is 0 Å². The maximum Gasteiger partial charge on any atom is 0.222 e. The van der Waals surface area contributed by atoms with Gasteiger partial charge in [0.05, 0.1) is 12.9 Å². The third-order valence-corrected chi connectivity index (χ3v) is 4.61. The van der Waals surface area contributed by atoms with Gasteiger partial charge in [-0.2, -0.15) is 0 Å². The SMILES string of the molecule is N/C=N/C(=NCc1ccccc1)N1CCC(CNc2ccncc2)CC1. The maximum atomic E-state index is 5.53. The summed E-state index contributed by atoms with van der Waals surface area (Å²) in [7, 11) is 0. The molecule has 1 aliphatic rings. The number of benzene rings is 1. The quantitative estimate of drug-likeness (QED) is 0.642. The van der Waals surface area contributed by atoms with E-state index in [0.29, 0.717) is 12.5 Å². The van der Waals surface area contributed by atoms with Crippen LogP contribution < -0.4 is 11.1 Å². The highest BCUT2D eigenvalue weighted by Crippen LogP contribution is 2.19. The molecular weight excluding hydrogens is 324 g/mol. The van der Waals surface area contributed by atoms with Crippen molar-refractivity contribution in [2.45, 2.75) is 19.4 Å². The van der Waals surface area contributed by atoms with Gasteiger partial charge in [0.15, 0.2) is 0 Å². The van der Waals surface area contributed by atoms with Gasteiger partial charge in [-0.15, -0.1) is 0 Å². The molecule has 3 rings (SSSR count). The van der Waals surface area contributed by atoms with Crippen molar-refractivity contribution in [2.24, 2.45) is 21.6 Å². The van der Waals surface area contributed by atoms with Gasteiger partial charge < -0.3 is 16.0 Å². The molecule has 1 saturated heterocycles. The Hall–Kier alpha value is -2.89. The fourth-order valence-corrected chi connectivity index (χ4v) is 3.10. The average molecular weight is 350 g/mol. The summed E-state index contributed by atoms with van der Waals surface area (Å²) in [6.45, 7) is 3.51. The second kappa shape index (κ2) is 9.56. The Morgan fingerprint density at radius 1 is 1.15 bits per heavy atom. The van der Waals surface area contributed by atoms with Crippen molar-refractivity contribution in [3.8, 4) is 0 Å². The Labute approximate surface area is 154 Å². The summed E-state index contributed by atoms with van der Waals surface area (Å²) >= 11 is 0. The van der Waals surface area contributed by atoms with E-state index in [1.54, 1.807) is 0 Å². The second-order valence-corrected chi connectivity index (χ2v) is 6.43. The lowest BCUT2D eigenvalue weighted by Gasteiger charge is -2.32. The number of pyridine rings is 1. The Kier molecular flexibility index (Phi) is 6.59. The third kappa shape index (κ3) is 5.31. The van der Waals surface area contributed by atoms with Crippen LogP contribution in [-0.2, 0) is 6.54 Å². The molecule has 1 aliphatic heterocycles. The zero-order chi connectivity index (χ0) is 18.0. The second-order valence-electron chi connectivity index (χ2n) is 6.43. The number of hydrogen-bond donors (Lipinski definition) is 2. The van der Waals surface area contributed by atoms with Crippen LogP contribution in [0.3, 0.4) is 0 Å². The number of aromatic nitrogens is 1. The number of nitrogens with two attached hydrogens (primary N) is 1. The van der Waals surface area contributed by atoms with E-state index in [4.69, 9.17) is 5.73 Å². The van der Waals surface area contributed by atoms with Gasteiger partial charge in [0.1, 0.15) is 0 Å². The van der Waals surface area contributed by atoms with Gasteiger partial charge in [-0.05, 0) is 36.5 Å². The summed E-state index contributed by atoms with van der Waals surface area (Å²) in [5.74, 6) is 1.38. The number of nitrogens with zero attached hydrogens (tertiary/aromatic N) is 4. The lowest BCUT2D eigenvalue weighted by Crippen LogP contribution is -2.39. The standard InChI is InChI=1S/C20H26N6/c21-16-25-20(24-15-17-4-2-1-3-5-17)26-12-8-18(9-13-26)14-23-19-6-10-22-11-7-19/h1-7,10-11,16,18H,8-9,12-15H2,(H,22,23)(H2,21,24,25). The molecule has 0 unspecified atom stereocenters. The van der Waals surface area contributed by atoms with Gasteiger partial charge in [0.2, 0.25) is 5.96 Å². The van der Waals surface area contributed by atoms with Gasteiger partial charge in [-0.1, -0.05) is 30.3 Å². The van der Waals surface area contributed by atoms with Gasteiger partial charge in [-0.25, -0.2) is 9.98 Å². The number of guanidine groups is 1. The summed E-state index contributed by atoms with van der Waals surface area (Å²) in [6, 6.07) is 14.2. The molecule has 0 radical (unpaired) electrons. The van der Waals surface area contributed by atoms with E-state index in [2.05, 4.69) is 37.3 Å². The highest BCUT2D eigenvalue weighted by atomic mass is 15.3. The number of likely N-dealkylation sites (tertiary alicyclic amines) is 1. The average Bonchev–Trinajstić information content (AvgIpc) is 2.71. The molecule has 0 spiro atoms. The van der Waals surface area contributed by atoms with E-state index in [-0.39, 0.29) is 0 Å². The zero-order valence-corrected chi connectivity index (χ0v) is 15.0. The van der Waals surface area contributed by atoms with E-state index in [1.807, 2.05) is 42.7 Å². The van der Waals surface area contributed by atoms with Crippen molar-refractivity contribution < 1.29 is 0 Å². The number of nitrogens with one attached hydrogen (secondary N) is 1.